The van der Waals surface area contributed by atoms with Crippen molar-refractivity contribution in [3.8, 4) is 5.69 Å². The van der Waals surface area contributed by atoms with E-state index in [9.17, 15) is 4.79 Å². The highest BCUT2D eigenvalue weighted by Crippen LogP contribution is 2.16. The number of halogens is 1. The second-order valence-electron chi connectivity index (χ2n) is 4.60. The van der Waals surface area contributed by atoms with E-state index in [1.165, 1.54) is 11.1 Å². The fourth-order valence-electron chi connectivity index (χ4n) is 1.72. The van der Waals surface area contributed by atoms with Crippen molar-refractivity contribution >= 4 is 21.8 Å². The average molecular weight is 338 g/mol. The summed E-state index contributed by atoms with van der Waals surface area (Å²) in [6, 6.07) is 7.43. The molecule has 5 nitrogen and oxygen atoms in total. The lowest BCUT2D eigenvalue weighted by Crippen LogP contribution is -2.37. The summed E-state index contributed by atoms with van der Waals surface area (Å²) in [6.07, 6.45) is 3.22. The van der Waals surface area contributed by atoms with Crippen molar-refractivity contribution in [2.45, 2.75) is 13.0 Å². The van der Waals surface area contributed by atoms with Crippen molar-refractivity contribution in [1.29, 1.82) is 0 Å². The van der Waals surface area contributed by atoms with Crippen molar-refractivity contribution in [3.63, 3.8) is 0 Å². The molecule has 1 amide bonds. The van der Waals surface area contributed by atoms with Gasteiger partial charge in [0.15, 0.2) is 0 Å². The summed E-state index contributed by atoms with van der Waals surface area (Å²) in [7, 11) is 1.67. The summed E-state index contributed by atoms with van der Waals surface area (Å²) in [5.74, 6) is -0.159. The monoisotopic (exact) mass is 337 g/mol. The fraction of sp³-hybridized carbons (Fsp3) is 0.286. The van der Waals surface area contributed by atoms with Crippen molar-refractivity contribution < 1.29 is 9.90 Å². The summed E-state index contributed by atoms with van der Waals surface area (Å²) < 4.78 is 2.60. The molecule has 0 fully saturated rings. The van der Waals surface area contributed by atoms with Crippen LogP contribution < -0.4 is 0 Å². The number of carbonyl (C=O) groups excluding carboxylic acids is 1. The van der Waals surface area contributed by atoms with Gasteiger partial charge >= 0.3 is 0 Å². The first-order valence-electron chi connectivity index (χ1n) is 6.21. The first-order valence-corrected chi connectivity index (χ1v) is 7.01. The second-order valence-corrected chi connectivity index (χ2v) is 5.52. The summed E-state index contributed by atoms with van der Waals surface area (Å²) >= 11 is 3.40. The summed E-state index contributed by atoms with van der Waals surface area (Å²) in [5, 5.41) is 13.3. The maximum Gasteiger partial charge on any atom is 0.257 e. The Morgan fingerprint density at radius 1 is 1.55 bits per heavy atom. The van der Waals surface area contributed by atoms with Gasteiger partial charge in [-0.25, -0.2) is 4.68 Å². The molecule has 0 aliphatic carbocycles. The number of rotatable bonds is 4. The Balaban J connectivity index is 2.23. The zero-order valence-corrected chi connectivity index (χ0v) is 12.9. The van der Waals surface area contributed by atoms with Crippen LogP contribution in [0.25, 0.3) is 5.69 Å². The van der Waals surface area contributed by atoms with Crippen LogP contribution in [0.2, 0.25) is 0 Å². The van der Waals surface area contributed by atoms with Gasteiger partial charge in [0.2, 0.25) is 0 Å². The Labute approximate surface area is 126 Å². The number of aliphatic hydroxyl groups is 1. The molecule has 20 heavy (non-hydrogen) atoms. The molecule has 2 aromatic rings. The van der Waals surface area contributed by atoms with Gasteiger partial charge < -0.3 is 10.0 Å². The van der Waals surface area contributed by atoms with Crippen molar-refractivity contribution in [3.05, 3.63) is 46.7 Å². The first kappa shape index (κ1) is 14.7. The SMILES string of the molecule is CC(CO)N(C)C(=O)c1cnn(-c2cccc(Br)c2)c1. The number of aromatic nitrogens is 2. The van der Waals surface area contributed by atoms with Gasteiger partial charge in [0.1, 0.15) is 0 Å². The molecule has 0 aliphatic rings. The van der Waals surface area contributed by atoms with Gasteiger partial charge in [-0.1, -0.05) is 22.0 Å². The minimum absolute atomic E-state index is 0.0675. The van der Waals surface area contributed by atoms with Crippen LogP contribution in [0.4, 0.5) is 0 Å². The number of nitrogens with zero attached hydrogens (tertiary/aromatic N) is 3. The number of amides is 1. The predicted molar refractivity (Wildman–Crippen MR) is 79.9 cm³/mol. The highest BCUT2D eigenvalue weighted by molar-refractivity contribution is 9.10. The van der Waals surface area contributed by atoms with Gasteiger partial charge in [0.05, 0.1) is 30.1 Å². The van der Waals surface area contributed by atoms with E-state index in [0.717, 1.165) is 10.2 Å². The zero-order valence-electron chi connectivity index (χ0n) is 11.3. The van der Waals surface area contributed by atoms with Gasteiger partial charge in [-0.2, -0.15) is 5.10 Å². The number of hydrogen-bond acceptors (Lipinski definition) is 3. The maximum atomic E-state index is 12.2. The quantitative estimate of drug-likeness (QED) is 0.929. The molecule has 1 unspecified atom stereocenters. The molecule has 0 bridgehead atoms. The summed E-state index contributed by atoms with van der Waals surface area (Å²) in [6.45, 7) is 1.72. The lowest BCUT2D eigenvalue weighted by molar-refractivity contribution is 0.0682. The molecule has 0 aliphatic heterocycles. The minimum Gasteiger partial charge on any atom is -0.394 e. The van der Waals surface area contributed by atoms with E-state index in [2.05, 4.69) is 21.0 Å². The van der Waals surface area contributed by atoms with Gasteiger partial charge in [0, 0.05) is 17.7 Å². The highest BCUT2D eigenvalue weighted by Gasteiger charge is 2.18. The highest BCUT2D eigenvalue weighted by atomic mass is 79.9. The molecule has 1 heterocycles. The summed E-state index contributed by atoms with van der Waals surface area (Å²) in [4.78, 5) is 13.7. The number of hydrogen-bond donors (Lipinski definition) is 1. The van der Waals surface area contributed by atoms with Crippen LogP contribution in [-0.4, -0.2) is 45.4 Å². The number of aliphatic hydroxyl groups excluding tert-OH is 1. The topological polar surface area (TPSA) is 58.4 Å². The van der Waals surface area contributed by atoms with Crippen LogP contribution in [-0.2, 0) is 0 Å². The first-order chi connectivity index (χ1) is 9.52. The molecule has 1 N–H and O–H groups in total. The second kappa shape index (κ2) is 6.19. The van der Waals surface area contributed by atoms with Crippen molar-refractivity contribution in [1.82, 2.24) is 14.7 Å². The average Bonchev–Trinajstić information content (AvgIpc) is 2.94. The molecule has 0 saturated carbocycles. The fourth-order valence-corrected chi connectivity index (χ4v) is 2.11. The lowest BCUT2D eigenvalue weighted by atomic mass is 10.2. The van der Waals surface area contributed by atoms with E-state index in [1.54, 1.807) is 24.9 Å². The van der Waals surface area contributed by atoms with Crippen LogP contribution in [0, 0.1) is 0 Å². The maximum absolute atomic E-state index is 12.2. The van der Waals surface area contributed by atoms with Gasteiger partial charge in [-0.3, -0.25) is 4.79 Å². The molecule has 1 aromatic carbocycles. The molecular formula is C14H16BrN3O2. The van der Waals surface area contributed by atoms with Crippen LogP contribution >= 0.6 is 15.9 Å². The molecule has 1 aromatic heterocycles. The molecule has 2 rings (SSSR count). The Morgan fingerprint density at radius 2 is 2.30 bits per heavy atom. The van der Waals surface area contributed by atoms with Gasteiger partial charge in [-0.15, -0.1) is 0 Å². The normalized spacial score (nSPS) is 12.2. The molecule has 106 valence electrons. The van der Waals surface area contributed by atoms with E-state index in [-0.39, 0.29) is 18.6 Å². The predicted octanol–water partition coefficient (Wildman–Crippen LogP) is 2.09. The molecule has 0 radical (unpaired) electrons. The Hall–Kier alpha value is -1.66. The zero-order chi connectivity index (χ0) is 14.7. The smallest absolute Gasteiger partial charge is 0.257 e. The number of likely N-dealkylation sites (N-methyl/N-ethyl adjacent to an activating group) is 1. The van der Waals surface area contributed by atoms with E-state index in [4.69, 9.17) is 5.11 Å². The molecule has 0 saturated heterocycles. The number of carbonyl (C=O) groups is 1. The van der Waals surface area contributed by atoms with Crippen LogP contribution in [0.3, 0.4) is 0 Å². The molecule has 6 heteroatoms. The van der Waals surface area contributed by atoms with Gasteiger partial charge in [-0.05, 0) is 25.1 Å². The lowest BCUT2D eigenvalue weighted by Gasteiger charge is -2.22. The Morgan fingerprint density at radius 3 is 2.95 bits per heavy atom. The minimum atomic E-state index is -0.225. The van der Waals surface area contributed by atoms with Crippen LogP contribution in [0.15, 0.2) is 41.1 Å². The molecular weight excluding hydrogens is 322 g/mol. The molecule has 1 atom stereocenters. The molecule has 0 spiro atoms. The standard InChI is InChI=1S/C14H16BrN3O2/c1-10(9-19)17(2)14(20)11-7-16-18(8-11)13-5-3-4-12(15)6-13/h3-8,10,19H,9H2,1-2H3. The summed E-state index contributed by atoms with van der Waals surface area (Å²) in [5.41, 5.74) is 1.36. The van der Waals surface area contributed by atoms with E-state index < -0.39 is 0 Å². The van der Waals surface area contributed by atoms with Crippen molar-refractivity contribution in [2.75, 3.05) is 13.7 Å². The van der Waals surface area contributed by atoms with Crippen molar-refractivity contribution in [2.24, 2.45) is 0 Å². The van der Waals surface area contributed by atoms with E-state index >= 15 is 0 Å². The Kier molecular flexibility index (Phi) is 4.57. The largest absolute Gasteiger partial charge is 0.394 e. The number of benzene rings is 1. The third-order valence-corrected chi connectivity index (χ3v) is 3.64. The third-order valence-electron chi connectivity index (χ3n) is 3.15. The van der Waals surface area contributed by atoms with E-state index in [0.29, 0.717) is 5.56 Å². The van der Waals surface area contributed by atoms with Crippen LogP contribution in [0.5, 0.6) is 0 Å². The van der Waals surface area contributed by atoms with E-state index in [1.807, 2.05) is 24.3 Å². The third kappa shape index (κ3) is 3.08. The van der Waals surface area contributed by atoms with Crippen LogP contribution in [0.1, 0.15) is 17.3 Å². The Bertz CT molecular complexity index is 612. The van der Waals surface area contributed by atoms with Gasteiger partial charge in [0.25, 0.3) is 5.91 Å².